The van der Waals surface area contributed by atoms with Gasteiger partial charge in [-0.25, -0.2) is 0 Å². The van der Waals surface area contributed by atoms with E-state index in [1.54, 1.807) is 0 Å². The largest absolute Gasteiger partial charge is 0.376 e. The molecule has 2 aliphatic heterocycles. The molecule has 2 nitrogen and oxygen atoms in total. The lowest BCUT2D eigenvalue weighted by atomic mass is 9.43. The molecule has 2 aromatic heterocycles. The van der Waals surface area contributed by atoms with Crippen LogP contribution in [-0.4, -0.2) is 11.4 Å². The third kappa shape index (κ3) is 4.83. The van der Waals surface area contributed by atoms with Crippen molar-refractivity contribution in [3.8, 4) is 16.8 Å². The van der Waals surface area contributed by atoms with Crippen LogP contribution in [0.4, 0.5) is 11.4 Å². The van der Waals surface area contributed by atoms with Crippen LogP contribution in [-0.2, 0) is 27.1 Å². The highest BCUT2D eigenvalue weighted by molar-refractivity contribution is 7.25. The van der Waals surface area contributed by atoms with E-state index in [1.165, 1.54) is 135 Å². The van der Waals surface area contributed by atoms with Crippen LogP contribution >= 0.6 is 11.3 Å². The second-order valence-corrected chi connectivity index (χ2v) is 23.8. The fourth-order valence-corrected chi connectivity index (χ4v) is 13.3. The second kappa shape index (κ2) is 11.6. The van der Waals surface area contributed by atoms with Crippen molar-refractivity contribution in [3.05, 3.63) is 125 Å². The maximum absolute atomic E-state index is 2.78. The van der Waals surface area contributed by atoms with Crippen LogP contribution in [0.2, 0.25) is 0 Å². The van der Waals surface area contributed by atoms with Crippen LogP contribution in [0.1, 0.15) is 130 Å². The van der Waals surface area contributed by atoms with Crippen molar-refractivity contribution >= 4 is 82.5 Å². The van der Waals surface area contributed by atoms with E-state index in [4.69, 9.17) is 0 Å². The zero-order valence-corrected chi connectivity index (χ0v) is 38.3. The fraction of sp³-hybridized carbons (Fsp3) is 0.357. The van der Waals surface area contributed by atoms with Gasteiger partial charge in [0, 0.05) is 53.6 Å². The summed E-state index contributed by atoms with van der Waals surface area (Å²) in [6, 6.07) is 39.3. The molecule has 12 rings (SSSR count). The van der Waals surface area contributed by atoms with Crippen molar-refractivity contribution in [3.63, 3.8) is 0 Å². The topological polar surface area (TPSA) is 8.17 Å². The molecule has 0 spiro atoms. The van der Waals surface area contributed by atoms with E-state index in [2.05, 4.69) is 183 Å². The molecule has 4 heteroatoms. The van der Waals surface area contributed by atoms with Gasteiger partial charge in [-0.2, -0.15) is 0 Å². The number of nitrogens with zero attached hydrogens (tertiary/aromatic N) is 2. The van der Waals surface area contributed by atoms with Gasteiger partial charge in [0.25, 0.3) is 0 Å². The number of hydrogen-bond donors (Lipinski definition) is 0. The summed E-state index contributed by atoms with van der Waals surface area (Å²) in [5.41, 5.74) is 20.2. The van der Waals surface area contributed by atoms with E-state index >= 15 is 0 Å². The Labute approximate surface area is 360 Å². The zero-order valence-electron chi connectivity index (χ0n) is 37.4. The van der Waals surface area contributed by atoms with Crippen LogP contribution in [0.15, 0.2) is 97.1 Å². The van der Waals surface area contributed by atoms with Crippen molar-refractivity contribution in [2.75, 3.05) is 4.81 Å². The lowest BCUT2D eigenvalue weighted by Crippen LogP contribution is -2.61. The van der Waals surface area contributed by atoms with Gasteiger partial charge in [0.1, 0.15) is 0 Å². The lowest BCUT2D eigenvalue weighted by Gasteiger charge is -2.47. The van der Waals surface area contributed by atoms with E-state index in [0.29, 0.717) is 0 Å². The third-order valence-corrected chi connectivity index (χ3v) is 17.2. The summed E-state index contributed by atoms with van der Waals surface area (Å²) in [5, 5.41) is 5.44. The molecule has 0 saturated carbocycles. The maximum Gasteiger partial charge on any atom is 0.333 e. The molecule has 8 aromatic rings. The van der Waals surface area contributed by atoms with E-state index in [1.807, 2.05) is 11.3 Å². The molecule has 4 heterocycles. The predicted molar refractivity (Wildman–Crippen MR) is 262 cm³/mol. The Morgan fingerprint density at radius 1 is 0.533 bits per heavy atom. The van der Waals surface area contributed by atoms with Gasteiger partial charge in [-0.15, -0.1) is 11.3 Å². The van der Waals surface area contributed by atoms with E-state index in [9.17, 15) is 0 Å². The second-order valence-electron chi connectivity index (χ2n) is 22.7. The van der Waals surface area contributed by atoms with Gasteiger partial charge in [0.15, 0.2) is 0 Å². The Kier molecular flexibility index (Phi) is 7.13. The number of fused-ring (bicyclic) bond motifs is 13. The molecule has 4 aliphatic rings. The Morgan fingerprint density at radius 3 is 1.78 bits per heavy atom. The molecule has 0 radical (unpaired) electrons. The summed E-state index contributed by atoms with van der Waals surface area (Å²) in [4.78, 5) is 2.78. The maximum atomic E-state index is 2.78. The van der Waals surface area contributed by atoms with Crippen molar-refractivity contribution in [2.24, 2.45) is 0 Å². The van der Waals surface area contributed by atoms with Crippen molar-refractivity contribution in [1.29, 1.82) is 0 Å². The highest BCUT2D eigenvalue weighted by Gasteiger charge is 2.48. The van der Waals surface area contributed by atoms with E-state index in [-0.39, 0.29) is 33.9 Å². The first-order valence-corrected chi connectivity index (χ1v) is 23.4. The number of thiophene rings is 1. The number of aromatic nitrogens is 1. The van der Waals surface area contributed by atoms with Crippen LogP contribution in [0.5, 0.6) is 0 Å². The van der Waals surface area contributed by atoms with Crippen LogP contribution in [0, 0.1) is 0 Å². The molecule has 0 fully saturated rings. The molecule has 6 aromatic carbocycles. The van der Waals surface area contributed by atoms with Gasteiger partial charge >= 0.3 is 6.85 Å². The molecular weight excluding hydrogens is 744 g/mol. The van der Waals surface area contributed by atoms with Gasteiger partial charge < -0.3 is 9.38 Å². The highest BCUT2D eigenvalue weighted by Crippen LogP contribution is 2.54. The Balaban J connectivity index is 1.26. The quantitative estimate of drug-likeness (QED) is 0.150. The van der Waals surface area contributed by atoms with E-state index < -0.39 is 0 Å². The van der Waals surface area contributed by atoms with Crippen LogP contribution in [0.3, 0.4) is 0 Å². The molecular formula is C56H57BN2S. The van der Waals surface area contributed by atoms with Crippen LogP contribution < -0.4 is 15.7 Å². The third-order valence-electron chi connectivity index (χ3n) is 16.1. The first-order chi connectivity index (χ1) is 28.3. The zero-order chi connectivity index (χ0) is 41.6. The summed E-state index contributed by atoms with van der Waals surface area (Å²) < 4.78 is 5.44. The summed E-state index contributed by atoms with van der Waals surface area (Å²) in [6.45, 7) is 26.9. The summed E-state index contributed by atoms with van der Waals surface area (Å²) in [5.74, 6) is 0. The first-order valence-electron chi connectivity index (χ1n) is 22.5. The Morgan fingerprint density at radius 2 is 1.13 bits per heavy atom. The van der Waals surface area contributed by atoms with Crippen LogP contribution in [0.25, 0.3) is 58.8 Å². The Bertz CT molecular complexity index is 3200. The summed E-state index contributed by atoms with van der Waals surface area (Å²) in [6.07, 6.45) is 4.77. The smallest absolute Gasteiger partial charge is 0.333 e. The normalized spacial score (nSPS) is 19.1. The fourth-order valence-electron chi connectivity index (χ4n) is 12.1. The highest BCUT2D eigenvalue weighted by atomic mass is 32.1. The van der Waals surface area contributed by atoms with Crippen molar-refractivity contribution in [2.45, 2.75) is 129 Å². The monoisotopic (exact) mass is 800 g/mol. The van der Waals surface area contributed by atoms with Gasteiger partial charge in [-0.3, -0.25) is 0 Å². The molecule has 60 heavy (non-hydrogen) atoms. The first kappa shape index (κ1) is 37.0. The average molecular weight is 801 g/mol. The van der Waals surface area contributed by atoms with Gasteiger partial charge in [-0.05, 0) is 146 Å². The number of benzene rings is 6. The molecule has 2 aliphatic carbocycles. The van der Waals surface area contributed by atoms with Crippen molar-refractivity contribution in [1.82, 2.24) is 4.57 Å². The molecule has 0 unspecified atom stereocenters. The molecule has 0 atom stereocenters. The minimum absolute atomic E-state index is 0.00866. The standard InChI is InChI=1S/C56H57BN2S/c1-52(2,3)32-16-18-33(19-17-32)59-46-29-42-40(53(4,5)22-24-55(42,8)9)27-38(46)35-20-21-36-37-26-39-34-14-12-13-15-48(34)60-49(39)31-45(37)58-47-30-43-41(54(6,7)23-25-56(43,10)11)28-44(47)57(59)50(35)51(36)58/h12-21,26-31H,22-25H2,1-11H3. The predicted octanol–water partition coefficient (Wildman–Crippen LogP) is 14.4. The molecule has 0 N–H and O–H groups in total. The molecule has 0 amide bonds. The minimum atomic E-state index is 0.00866. The molecule has 300 valence electrons. The summed E-state index contributed by atoms with van der Waals surface area (Å²) in [7, 11) is 0. The number of hydrogen-bond acceptors (Lipinski definition) is 2. The minimum Gasteiger partial charge on any atom is -0.376 e. The summed E-state index contributed by atoms with van der Waals surface area (Å²) >= 11 is 1.93. The SMILES string of the molecule is CC(C)(C)c1ccc(N2B3c4cc5c(cc4-n4c6cc7sc8ccccc8c7cc6c6ccc(c3c64)-c3cc4c(cc32)C(C)(C)CCC4(C)C)C(C)(C)CCC5(C)C)cc1. The number of anilines is 2. The number of rotatable bonds is 1. The van der Waals surface area contributed by atoms with Crippen molar-refractivity contribution < 1.29 is 0 Å². The molecule has 0 bridgehead atoms. The van der Waals surface area contributed by atoms with Gasteiger partial charge in [0.2, 0.25) is 0 Å². The Hall–Kier alpha value is -4.80. The van der Waals surface area contributed by atoms with Gasteiger partial charge in [0.05, 0.1) is 11.0 Å². The van der Waals surface area contributed by atoms with E-state index in [0.717, 1.165) is 0 Å². The molecule has 0 saturated heterocycles. The lowest BCUT2D eigenvalue weighted by molar-refractivity contribution is 0.332. The van der Waals surface area contributed by atoms with Gasteiger partial charge in [-0.1, -0.05) is 125 Å². The average Bonchev–Trinajstić information content (AvgIpc) is 3.74.